The predicted octanol–water partition coefficient (Wildman–Crippen LogP) is 5.18. The van der Waals surface area contributed by atoms with Crippen molar-refractivity contribution in [3.8, 4) is 0 Å². The SMILES string of the molecule is CC1Cc2ccccc2N1C(=O)c1cccc(C(=O)Nc2ccccc2Cl)c1. The fraction of sp³-hybridized carbons (Fsp3) is 0.130. The number of halogens is 1. The summed E-state index contributed by atoms with van der Waals surface area (Å²) >= 11 is 6.11. The van der Waals surface area contributed by atoms with E-state index in [1.165, 1.54) is 0 Å². The number of carbonyl (C=O) groups is 2. The van der Waals surface area contributed by atoms with Crippen LogP contribution in [0.2, 0.25) is 5.02 Å². The lowest BCUT2D eigenvalue weighted by molar-refractivity contribution is 0.0981. The number of carbonyl (C=O) groups excluding carboxylic acids is 2. The average Bonchev–Trinajstić information content (AvgIpc) is 3.05. The molecular weight excluding hydrogens is 372 g/mol. The molecule has 1 N–H and O–H groups in total. The molecule has 1 aliphatic rings. The summed E-state index contributed by atoms with van der Waals surface area (Å²) in [6.45, 7) is 2.03. The van der Waals surface area contributed by atoms with E-state index in [-0.39, 0.29) is 17.9 Å². The van der Waals surface area contributed by atoms with E-state index >= 15 is 0 Å². The van der Waals surface area contributed by atoms with Gasteiger partial charge in [-0.3, -0.25) is 9.59 Å². The Hall–Kier alpha value is -3.11. The molecule has 3 aromatic carbocycles. The number of benzene rings is 3. The minimum absolute atomic E-state index is 0.0745. The smallest absolute Gasteiger partial charge is 0.258 e. The number of hydrogen-bond acceptors (Lipinski definition) is 2. The zero-order chi connectivity index (χ0) is 19.7. The van der Waals surface area contributed by atoms with Crippen LogP contribution in [0.25, 0.3) is 0 Å². The van der Waals surface area contributed by atoms with Crippen molar-refractivity contribution >= 4 is 34.8 Å². The minimum Gasteiger partial charge on any atom is -0.321 e. The maximum atomic E-state index is 13.2. The Labute approximate surface area is 168 Å². The Morgan fingerprint density at radius 3 is 2.50 bits per heavy atom. The summed E-state index contributed by atoms with van der Waals surface area (Å²) in [7, 11) is 0. The molecule has 2 amide bonds. The number of amides is 2. The van der Waals surface area contributed by atoms with Gasteiger partial charge in [0, 0.05) is 22.9 Å². The first kappa shape index (κ1) is 18.3. The Kier molecular flexibility index (Phi) is 4.88. The van der Waals surface area contributed by atoms with E-state index in [0.717, 1.165) is 17.7 Å². The number of rotatable bonds is 3. The predicted molar refractivity (Wildman–Crippen MR) is 112 cm³/mol. The third-order valence-electron chi connectivity index (χ3n) is 4.92. The molecule has 4 nitrogen and oxygen atoms in total. The molecule has 0 saturated carbocycles. The molecule has 0 saturated heterocycles. The highest BCUT2D eigenvalue weighted by Crippen LogP contribution is 2.33. The highest BCUT2D eigenvalue weighted by atomic mass is 35.5. The van der Waals surface area contributed by atoms with Crippen LogP contribution in [-0.4, -0.2) is 17.9 Å². The van der Waals surface area contributed by atoms with Crippen molar-refractivity contribution < 1.29 is 9.59 Å². The summed E-state index contributed by atoms with van der Waals surface area (Å²) in [5.74, 6) is -0.414. The zero-order valence-electron chi connectivity index (χ0n) is 15.4. The maximum absolute atomic E-state index is 13.2. The summed E-state index contributed by atoms with van der Waals surface area (Å²) in [6.07, 6.45) is 0.828. The topological polar surface area (TPSA) is 49.4 Å². The molecule has 5 heteroatoms. The fourth-order valence-electron chi connectivity index (χ4n) is 3.56. The van der Waals surface area contributed by atoms with Crippen molar-refractivity contribution in [3.05, 3.63) is 94.5 Å². The van der Waals surface area contributed by atoms with Crippen LogP contribution in [0.15, 0.2) is 72.8 Å². The number of nitrogens with one attached hydrogen (secondary N) is 1. The molecule has 28 heavy (non-hydrogen) atoms. The van der Waals surface area contributed by atoms with Gasteiger partial charge in [0.25, 0.3) is 11.8 Å². The fourth-order valence-corrected chi connectivity index (χ4v) is 3.75. The van der Waals surface area contributed by atoms with E-state index in [9.17, 15) is 9.59 Å². The van der Waals surface area contributed by atoms with Crippen LogP contribution in [0.1, 0.15) is 33.2 Å². The molecule has 3 aromatic rings. The monoisotopic (exact) mass is 390 g/mol. The van der Waals surface area contributed by atoms with E-state index in [2.05, 4.69) is 5.32 Å². The molecule has 0 radical (unpaired) electrons. The van der Waals surface area contributed by atoms with Crippen LogP contribution < -0.4 is 10.2 Å². The first-order valence-corrected chi connectivity index (χ1v) is 9.50. The lowest BCUT2D eigenvalue weighted by atomic mass is 10.1. The Bertz CT molecular complexity index is 1060. The standard InChI is InChI=1S/C23H19ClN2O2/c1-15-13-16-7-2-5-12-21(16)26(15)23(28)18-9-6-8-17(14-18)22(27)25-20-11-4-3-10-19(20)24/h2-12,14-15H,13H2,1H3,(H,25,27). The second kappa shape index (κ2) is 7.49. The summed E-state index contributed by atoms with van der Waals surface area (Å²) in [6, 6.07) is 21.8. The van der Waals surface area contributed by atoms with Crippen LogP contribution >= 0.6 is 11.6 Å². The van der Waals surface area contributed by atoms with Crippen LogP contribution in [-0.2, 0) is 6.42 Å². The summed E-state index contributed by atoms with van der Waals surface area (Å²) in [4.78, 5) is 27.6. The molecule has 0 aromatic heterocycles. The molecule has 0 bridgehead atoms. The van der Waals surface area contributed by atoms with Crippen molar-refractivity contribution in [3.63, 3.8) is 0 Å². The van der Waals surface area contributed by atoms with Crippen molar-refractivity contribution in [2.75, 3.05) is 10.2 Å². The first-order valence-electron chi connectivity index (χ1n) is 9.12. The van der Waals surface area contributed by atoms with E-state index in [1.807, 2.05) is 31.2 Å². The van der Waals surface area contributed by atoms with Gasteiger partial charge in [0.1, 0.15) is 0 Å². The quantitative estimate of drug-likeness (QED) is 0.669. The maximum Gasteiger partial charge on any atom is 0.258 e. The second-order valence-corrected chi connectivity index (χ2v) is 7.28. The third kappa shape index (κ3) is 3.39. The average molecular weight is 391 g/mol. The van der Waals surface area contributed by atoms with E-state index < -0.39 is 0 Å². The summed E-state index contributed by atoms with van der Waals surface area (Å²) < 4.78 is 0. The molecule has 140 valence electrons. The molecule has 1 unspecified atom stereocenters. The van der Waals surface area contributed by atoms with Gasteiger partial charge in [-0.1, -0.05) is 48.0 Å². The number of nitrogens with zero attached hydrogens (tertiary/aromatic N) is 1. The van der Waals surface area contributed by atoms with E-state index in [4.69, 9.17) is 11.6 Å². The summed E-state index contributed by atoms with van der Waals surface area (Å²) in [5.41, 5.74) is 3.52. The molecule has 1 atom stereocenters. The second-order valence-electron chi connectivity index (χ2n) is 6.87. The molecular formula is C23H19ClN2O2. The molecule has 0 fully saturated rings. The minimum atomic E-state index is -0.308. The third-order valence-corrected chi connectivity index (χ3v) is 5.25. The lowest BCUT2D eigenvalue weighted by Crippen LogP contribution is -2.35. The van der Waals surface area contributed by atoms with Crippen molar-refractivity contribution in [1.29, 1.82) is 0 Å². The van der Waals surface area contributed by atoms with E-state index in [1.54, 1.807) is 53.4 Å². The van der Waals surface area contributed by atoms with Gasteiger partial charge >= 0.3 is 0 Å². The van der Waals surface area contributed by atoms with Gasteiger partial charge in [-0.15, -0.1) is 0 Å². The summed E-state index contributed by atoms with van der Waals surface area (Å²) in [5, 5.41) is 3.25. The number of para-hydroxylation sites is 2. The zero-order valence-corrected chi connectivity index (χ0v) is 16.1. The molecule has 4 rings (SSSR count). The molecule has 1 heterocycles. The Morgan fingerprint density at radius 1 is 0.964 bits per heavy atom. The first-order chi connectivity index (χ1) is 13.5. The van der Waals surface area contributed by atoms with Crippen LogP contribution in [0, 0.1) is 0 Å². The number of hydrogen-bond donors (Lipinski definition) is 1. The van der Waals surface area contributed by atoms with Gasteiger partial charge in [0.2, 0.25) is 0 Å². The van der Waals surface area contributed by atoms with Gasteiger partial charge in [0.15, 0.2) is 0 Å². The van der Waals surface area contributed by atoms with Crippen molar-refractivity contribution in [2.24, 2.45) is 0 Å². The van der Waals surface area contributed by atoms with Gasteiger partial charge in [0.05, 0.1) is 10.7 Å². The van der Waals surface area contributed by atoms with Crippen molar-refractivity contribution in [1.82, 2.24) is 0 Å². The van der Waals surface area contributed by atoms with Gasteiger partial charge in [-0.2, -0.15) is 0 Å². The molecule has 0 spiro atoms. The van der Waals surface area contributed by atoms with Gasteiger partial charge in [-0.05, 0) is 55.3 Å². The Morgan fingerprint density at radius 2 is 1.68 bits per heavy atom. The Balaban J connectivity index is 1.60. The molecule has 0 aliphatic carbocycles. The van der Waals surface area contributed by atoms with Gasteiger partial charge < -0.3 is 10.2 Å². The highest BCUT2D eigenvalue weighted by Gasteiger charge is 2.31. The van der Waals surface area contributed by atoms with E-state index in [0.29, 0.717) is 21.8 Å². The number of fused-ring (bicyclic) bond motifs is 1. The largest absolute Gasteiger partial charge is 0.321 e. The molecule has 1 aliphatic heterocycles. The van der Waals surface area contributed by atoms with Crippen LogP contribution in [0.5, 0.6) is 0 Å². The number of anilines is 2. The van der Waals surface area contributed by atoms with Crippen molar-refractivity contribution in [2.45, 2.75) is 19.4 Å². The lowest BCUT2D eigenvalue weighted by Gasteiger charge is -2.23. The van der Waals surface area contributed by atoms with Gasteiger partial charge in [-0.25, -0.2) is 0 Å². The highest BCUT2D eigenvalue weighted by molar-refractivity contribution is 6.33. The normalized spacial score (nSPS) is 15.2. The van der Waals surface area contributed by atoms with Crippen LogP contribution in [0.4, 0.5) is 11.4 Å². The van der Waals surface area contributed by atoms with Crippen LogP contribution in [0.3, 0.4) is 0 Å².